The summed E-state index contributed by atoms with van der Waals surface area (Å²) in [7, 11) is 0. The number of pyridine rings is 1. The number of hydrogen-bond acceptors (Lipinski definition) is 4. The number of rotatable bonds is 4. The van der Waals surface area contributed by atoms with Gasteiger partial charge in [0.2, 0.25) is 0 Å². The third kappa shape index (κ3) is 2.71. The molecule has 0 saturated heterocycles. The maximum absolute atomic E-state index is 10.9. The van der Waals surface area contributed by atoms with Crippen LogP contribution in [0, 0.1) is 6.92 Å². The summed E-state index contributed by atoms with van der Waals surface area (Å²) in [6.45, 7) is 4.08. The monoisotopic (exact) mass is 271 g/mol. The van der Waals surface area contributed by atoms with Crippen molar-refractivity contribution in [2.24, 2.45) is 0 Å². The van der Waals surface area contributed by atoms with Crippen molar-refractivity contribution >= 4 is 23.2 Å². The first kappa shape index (κ1) is 13.9. The Hall–Kier alpha value is -2.56. The molecule has 2 aromatic rings. The predicted octanol–water partition coefficient (Wildman–Crippen LogP) is 2.98. The Kier molecular flexibility index (Phi) is 3.89. The quantitative estimate of drug-likeness (QED) is 0.795. The average Bonchev–Trinajstić information content (AvgIpc) is 2.42. The van der Waals surface area contributed by atoms with Gasteiger partial charge in [-0.25, -0.2) is 9.78 Å². The highest BCUT2D eigenvalue weighted by molar-refractivity contribution is 5.89. The zero-order valence-corrected chi connectivity index (χ0v) is 11.5. The molecule has 2 rings (SSSR count). The Morgan fingerprint density at radius 3 is 2.80 bits per heavy atom. The van der Waals surface area contributed by atoms with Gasteiger partial charge in [0, 0.05) is 11.9 Å². The predicted molar refractivity (Wildman–Crippen MR) is 79.4 cm³/mol. The van der Waals surface area contributed by atoms with Crippen molar-refractivity contribution in [2.45, 2.75) is 20.3 Å². The van der Waals surface area contributed by atoms with Crippen molar-refractivity contribution in [1.82, 2.24) is 4.98 Å². The number of carboxylic acid groups (broad SMARTS) is 1. The lowest BCUT2D eigenvalue weighted by atomic mass is 10.1. The number of benzene rings is 1. The SMILES string of the molecule is CCc1cccc(C)c1Nc1ncc(C(=O)O)cc1N. The minimum absolute atomic E-state index is 0.0774. The molecule has 0 bridgehead atoms. The van der Waals surface area contributed by atoms with Crippen LogP contribution >= 0.6 is 0 Å². The maximum atomic E-state index is 10.9. The molecule has 0 unspecified atom stereocenters. The van der Waals surface area contributed by atoms with Gasteiger partial charge in [-0.1, -0.05) is 25.1 Å². The number of hydrogen-bond donors (Lipinski definition) is 3. The Bertz CT molecular complexity index is 654. The smallest absolute Gasteiger partial charge is 0.337 e. The average molecular weight is 271 g/mol. The van der Waals surface area contributed by atoms with Gasteiger partial charge in [0.25, 0.3) is 0 Å². The molecule has 0 fully saturated rings. The van der Waals surface area contributed by atoms with Gasteiger partial charge in [-0.2, -0.15) is 0 Å². The number of nitrogens with zero attached hydrogens (tertiary/aromatic N) is 1. The molecule has 1 heterocycles. The lowest BCUT2D eigenvalue weighted by Gasteiger charge is -2.14. The van der Waals surface area contributed by atoms with Gasteiger partial charge in [-0.05, 0) is 30.5 Å². The van der Waals surface area contributed by atoms with Crippen LogP contribution < -0.4 is 11.1 Å². The summed E-state index contributed by atoms with van der Waals surface area (Å²) in [5.74, 6) is -0.570. The van der Waals surface area contributed by atoms with Crippen LogP contribution in [0.3, 0.4) is 0 Å². The minimum atomic E-state index is -1.04. The first-order valence-corrected chi connectivity index (χ1v) is 6.37. The molecule has 5 nitrogen and oxygen atoms in total. The first-order valence-electron chi connectivity index (χ1n) is 6.37. The zero-order chi connectivity index (χ0) is 14.7. The molecule has 0 atom stereocenters. The highest BCUT2D eigenvalue weighted by Gasteiger charge is 2.10. The van der Waals surface area contributed by atoms with Crippen molar-refractivity contribution in [2.75, 3.05) is 11.1 Å². The fraction of sp³-hybridized carbons (Fsp3) is 0.200. The number of aromatic carboxylic acids is 1. The third-order valence-electron chi connectivity index (χ3n) is 3.15. The standard InChI is InChI=1S/C15H17N3O2/c1-3-10-6-4-5-9(2)13(10)18-14-12(16)7-11(8-17-14)15(19)20/h4-8H,3,16H2,1-2H3,(H,17,18)(H,19,20). The Morgan fingerprint density at radius 2 is 2.20 bits per heavy atom. The number of aryl methyl sites for hydroxylation is 2. The topological polar surface area (TPSA) is 88.2 Å². The third-order valence-corrected chi connectivity index (χ3v) is 3.15. The summed E-state index contributed by atoms with van der Waals surface area (Å²) in [6, 6.07) is 7.45. The van der Waals surface area contributed by atoms with Crippen molar-refractivity contribution in [3.8, 4) is 0 Å². The lowest BCUT2D eigenvalue weighted by Crippen LogP contribution is -2.05. The van der Waals surface area contributed by atoms with Gasteiger partial charge in [0.15, 0.2) is 5.82 Å². The van der Waals surface area contributed by atoms with E-state index >= 15 is 0 Å². The molecule has 0 saturated carbocycles. The van der Waals surface area contributed by atoms with Crippen LogP contribution in [0.25, 0.3) is 0 Å². The summed E-state index contributed by atoms with van der Waals surface area (Å²) in [5, 5.41) is 12.1. The summed E-state index contributed by atoms with van der Waals surface area (Å²) >= 11 is 0. The maximum Gasteiger partial charge on any atom is 0.337 e. The van der Waals surface area contributed by atoms with Crippen molar-refractivity contribution < 1.29 is 9.90 Å². The van der Waals surface area contributed by atoms with Crippen LogP contribution in [0.15, 0.2) is 30.5 Å². The van der Waals surface area contributed by atoms with E-state index in [0.717, 1.165) is 23.2 Å². The van der Waals surface area contributed by atoms with Gasteiger partial charge < -0.3 is 16.2 Å². The van der Waals surface area contributed by atoms with Crippen LogP contribution in [-0.4, -0.2) is 16.1 Å². The molecule has 0 radical (unpaired) electrons. The normalized spacial score (nSPS) is 10.3. The molecule has 0 aliphatic carbocycles. The fourth-order valence-electron chi connectivity index (χ4n) is 2.02. The largest absolute Gasteiger partial charge is 0.478 e. The second kappa shape index (κ2) is 5.61. The van der Waals surface area contributed by atoms with Crippen molar-refractivity contribution in [3.05, 3.63) is 47.2 Å². The number of aromatic nitrogens is 1. The van der Waals surface area contributed by atoms with Gasteiger partial charge in [0.1, 0.15) is 0 Å². The highest BCUT2D eigenvalue weighted by atomic mass is 16.4. The Balaban J connectivity index is 2.38. The lowest BCUT2D eigenvalue weighted by molar-refractivity contribution is 0.0696. The molecule has 1 aromatic heterocycles. The molecule has 104 valence electrons. The van der Waals surface area contributed by atoms with E-state index in [-0.39, 0.29) is 5.56 Å². The van der Waals surface area contributed by atoms with Crippen LogP contribution in [-0.2, 0) is 6.42 Å². The Labute approximate surface area is 117 Å². The van der Waals surface area contributed by atoms with Crippen molar-refractivity contribution in [3.63, 3.8) is 0 Å². The number of nitrogens with one attached hydrogen (secondary N) is 1. The van der Waals surface area contributed by atoms with E-state index in [1.807, 2.05) is 25.1 Å². The fourth-order valence-corrected chi connectivity index (χ4v) is 2.02. The van der Waals surface area contributed by atoms with Gasteiger partial charge in [-0.3, -0.25) is 0 Å². The van der Waals surface area contributed by atoms with Crippen LogP contribution in [0.5, 0.6) is 0 Å². The summed E-state index contributed by atoms with van der Waals surface area (Å²) in [4.78, 5) is 15.0. The van der Waals surface area contributed by atoms with Gasteiger partial charge >= 0.3 is 5.97 Å². The van der Waals surface area contributed by atoms with E-state index in [9.17, 15) is 4.79 Å². The molecule has 0 amide bonds. The van der Waals surface area contributed by atoms with Crippen molar-refractivity contribution in [1.29, 1.82) is 0 Å². The van der Waals surface area contributed by atoms with E-state index in [1.165, 1.54) is 12.3 Å². The molecular formula is C15H17N3O2. The van der Waals surface area contributed by atoms with Gasteiger partial charge in [0.05, 0.1) is 11.3 Å². The van der Waals surface area contributed by atoms with E-state index in [0.29, 0.717) is 11.5 Å². The molecule has 1 aromatic carbocycles. The number of para-hydroxylation sites is 1. The number of anilines is 3. The first-order chi connectivity index (χ1) is 9.52. The van der Waals surface area contributed by atoms with Gasteiger partial charge in [-0.15, -0.1) is 0 Å². The van der Waals surface area contributed by atoms with E-state index < -0.39 is 5.97 Å². The molecular weight excluding hydrogens is 254 g/mol. The second-order valence-electron chi connectivity index (χ2n) is 4.55. The Morgan fingerprint density at radius 1 is 1.45 bits per heavy atom. The van der Waals surface area contributed by atoms with E-state index in [1.54, 1.807) is 0 Å². The molecule has 5 heteroatoms. The number of carbonyl (C=O) groups is 1. The number of nitrogens with two attached hydrogens (primary N) is 1. The second-order valence-corrected chi connectivity index (χ2v) is 4.55. The highest BCUT2D eigenvalue weighted by Crippen LogP contribution is 2.27. The van der Waals surface area contributed by atoms with Crippen LogP contribution in [0.4, 0.5) is 17.2 Å². The van der Waals surface area contributed by atoms with Crippen LogP contribution in [0.1, 0.15) is 28.4 Å². The summed E-state index contributed by atoms with van der Waals surface area (Å²) in [6.07, 6.45) is 2.18. The molecule has 0 aliphatic heterocycles. The van der Waals surface area contributed by atoms with Crippen LogP contribution in [0.2, 0.25) is 0 Å². The number of nitrogen functional groups attached to an aromatic ring is 1. The minimum Gasteiger partial charge on any atom is -0.478 e. The van der Waals surface area contributed by atoms with E-state index in [4.69, 9.17) is 10.8 Å². The summed E-state index contributed by atoms with van der Waals surface area (Å²) in [5.41, 5.74) is 9.47. The zero-order valence-electron chi connectivity index (χ0n) is 11.5. The van der Waals surface area contributed by atoms with E-state index in [2.05, 4.69) is 17.2 Å². The molecule has 0 spiro atoms. The molecule has 20 heavy (non-hydrogen) atoms. The summed E-state index contributed by atoms with van der Waals surface area (Å²) < 4.78 is 0. The molecule has 0 aliphatic rings. The molecule has 4 N–H and O–H groups in total. The number of carboxylic acids is 1.